The predicted octanol–water partition coefficient (Wildman–Crippen LogP) is 3.18. The summed E-state index contributed by atoms with van der Waals surface area (Å²) in [6.07, 6.45) is -3.12. The molecule has 0 saturated carbocycles. The van der Waals surface area contributed by atoms with Crippen molar-refractivity contribution < 1.29 is 22.7 Å². The number of carbonyl (C=O) groups is 1. The van der Waals surface area contributed by atoms with Crippen LogP contribution in [0.5, 0.6) is 5.75 Å². The van der Waals surface area contributed by atoms with Crippen LogP contribution < -0.4 is 10.1 Å². The van der Waals surface area contributed by atoms with E-state index in [1.807, 2.05) is 0 Å². The molecule has 2 rings (SSSR count). The summed E-state index contributed by atoms with van der Waals surface area (Å²) in [4.78, 5) is 13.2. The molecule has 1 saturated heterocycles. The fourth-order valence-corrected chi connectivity index (χ4v) is 2.57. The quantitative estimate of drug-likeness (QED) is 0.908. The zero-order chi connectivity index (χ0) is 16.3. The molecule has 130 valence electrons. The minimum Gasteiger partial charge on any atom is -0.405 e. The molecule has 23 heavy (non-hydrogen) atoms. The predicted molar refractivity (Wildman–Crippen MR) is 83.2 cm³/mol. The lowest BCUT2D eigenvalue weighted by atomic mass is 9.89. The van der Waals surface area contributed by atoms with Gasteiger partial charge in [-0.2, -0.15) is 0 Å². The molecule has 1 aliphatic rings. The van der Waals surface area contributed by atoms with E-state index in [1.54, 1.807) is 6.07 Å². The fraction of sp³-hybridized carbons (Fsp3) is 0.533. The van der Waals surface area contributed by atoms with Gasteiger partial charge in [0.05, 0.1) is 5.56 Å². The number of halogens is 4. The van der Waals surface area contributed by atoms with Crippen LogP contribution in [-0.4, -0.2) is 44.4 Å². The van der Waals surface area contributed by atoms with Crippen LogP contribution >= 0.6 is 12.4 Å². The Morgan fingerprint density at radius 1 is 1.26 bits per heavy atom. The Balaban J connectivity index is 0.00000264. The van der Waals surface area contributed by atoms with Crippen LogP contribution in [0.1, 0.15) is 34.7 Å². The normalized spacial score (nSPS) is 15.7. The van der Waals surface area contributed by atoms with Crippen molar-refractivity contribution in [2.75, 3.05) is 27.2 Å². The lowest BCUT2D eigenvalue weighted by Gasteiger charge is -2.24. The van der Waals surface area contributed by atoms with Crippen LogP contribution in [0, 0.1) is 0 Å². The number of alkyl halides is 3. The summed E-state index contributed by atoms with van der Waals surface area (Å²) in [5.41, 5.74) is 0.691. The van der Waals surface area contributed by atoms with Crippen LogP contribution in [0.25, 0.3) is 0 Å². The van der Waals surface area contributed by atoms with Gasteiger partial charge in [0, 0.05) is 14.1 Å². The van der Waals surface area contributed by atoms with Crippen molar-refractivity contribution in [1.29, 1.82) is 0 Å². The highest BCUT2D eigenvalue weighted by Crippen LogP contribution is 2.33. The molecular weight excluding hydrogens is 333 g/mol. The van der Waals surface area contributed by atoms with Crippen molar-refractivity contribution in [3.05, 3.63) is 29.3 Å². The Hall–Kier alpha value is -1.47. The highest BCUT2D eigenvalue weighted by Gasteiger charge is 2.33. The number of hydrogen-bond donors (Lipinski definition) is 1. The van der Waals surface area contributed by atoms with Crippen molar-refractivity contribution in [2.24, 2.45) is 0 Å². The lowest BCUT2D eigenvalue weighted by molar-refractivity contribution is -0.274. The molecule has 0 bridgehead atoms. The third kappa shape index (κ3) is 5.28. The third-order valence-corrected chi connectivity index (χ3v) is 3.68. The Morgan fingerprint density at radius 3 is 2.39 bits per heavy atom. The van der Waals surface area contributed by atoms with E-state index in [0.29, 0.717) is 0 Å². The van der Waals surface area contributed by atoms with Crippen LogP contribution in [0.15, 0.2) is 18.2 Å². The molecule has 0 radical (unpaired) electrons. The number of amides is 1. The van der Waals surface area contributed by atoms with Gasteiger partial charge in [-0.1, -0.05) is 6.07 Å². The molecule has 1 aliphatic heterocycles. The van der Waals surface area contributed by atoms with Gasteiger partial charge in [0.15, 0.2) is 0 Å². The molecule has 0 spiro atoms. The Labute approximate surface area is 139 Å². The number of rotatable bonds is 3. The zero-order valence-corrected chi connectivity index (χ0v) is 13.8. The van der Waals surface area contributed by atoms with E-state index in [0.717, 1.165) is 31.5 Å². The summed E-state index contributed by atoms with van der Waals surface area (Å²) in [6, 6.07) is 4.48. The molecule has 0 aliphatic carbocycles. The average Bonchev–Trinajstić information content (AvgIpc) is 2.45. The first-order valence-corrected chi connectivity index (χ1v) is 7.10. The van der Waals surface area contributed by atoms with Crippen molar-refractivity contribution in [3.8, 4) is 5.75 Å². The molecule has 4 nitrogen and oxygen atoms in total. The molecule has 0 unspecified atom stereocenters. The molecular formula is C15H20ClF3N2O2. The number of nitrogens with zero attached hydrogens (tertiary/aromatic N) is 1. The van der Waals surface area contributed by atoms with Crippen molar-refractivity contribution in [3.63, 3.8) is 0 Å². The van der Waals surface area contributed by atoms with Crippen molar-refractivity contribution in [2.45, 2.75) is 25.1 Å². The maximum absolute atomic E-state index is 12.6. The monoisotopic (exact) mass is 352 g/mol. The molecule has 1 N–H and O–H groups in total. The molecule has 1 aromatic carbocycles. The van der Waals surface area contributed by atoms with E-state index < -0.39 is 18.0 Å². The highest BCUT2D eigenvalue weighted by atomic mass is 35.5. The lowest BCUT2D eigenvalue weighted by Crippen LogP contribution is -2.27. The van der Waals surface area contributed by atoms with Gasteiger partial charge in [0.1, 0.15) is 5.75 Å². The second-order valence-electron chi connectivity index (χ2n) is 5.53. The summed E-state index contributed by atoms with van der Waals surface area (Å²) in [6.45, 7) is 1.66. The first-order valence-electron chi connectivity index (χ1n) is 7.10. The van der Waals surface area contributed by atoms with E-state index in [-0.39, 0.29) is 23.9 Å². The van der Waals surface area contributed by atoms with E-state index in [4.69, 9.17) is 0 Å². The van der Waals surface area contributed by atoms with Crippen LogP contribution in [0.4, 0.5) is 13.2 Å². The molecule has 0 aromatic heterocycles. The largest absolute Gasteiger partial charge is 0.573 e. The maximum Gasteiger partial charge on any atom is 0.573 e. The minimum absolute atomic E-state index is 0. The Morgan fingerprint density at radius 2 is 1.87 bits per heavy atom. The van der Waals surface area contributed by atoms with Gasteiger partial charge < -0.3 is 15.0 Å². The van der Waals surface area contributed by atoms with Gasteiger partial charge >= 0.3 is 6.36 Å². The van der Waals surface area contributed by atoms with Crippen molar-refractivity contribution >= 4 is 18.3 Å². The van der Waals surface area contributed by atoms with Crippen LogP contribution in [-0.2, 0) is 0 Å². The summed E-state index contributed by atoms with van der Waals surface area (Å²) in [7, 11) is 2.97. The number of piperidine rings is 1. The second kappa shape index (κ2) is 7.88. The van der Waals surface area contributed by atoms with Crippen molar-refractivity contribution in [1.82, 2.24) is 10.2 Å². The minimum atomic E-state index is -4.83. The smallest absolute Gasteiger partial charge is 0.405 e. The van der Waals surface area contributed by atoms with Gasteiger partial charge in [0.2, 0.25) is 0 Å². The van der Waals surface area contributed by atoms with Gasteiger partial charge in [0.25, 0.3) is 5.91 Å². The second-order valence-corrected chi connectivity index (χ2v) is 5.53. The average molecular weight is 353 g/mol. The molecule has 1 amide bonds. The van der Waals surface area contributed by atoms with Crippen LogP contribution in [0.3, 0.4) is 0 Å². The Kier molecular flexibility index (Phi) is 6.70. The first kappa shape index (κ1) is 19.6. The summed E-state index contributed by atoms with van der Waals surface area (Å²) >= 11 is 0. The topological polar surface area (TPSA) is 41.6 Å². The van der Waals surface area contributed by atoms with E-state index >= 15 is 0 Å². The third-order valence-electron chi connectivity index (χ3n) is 3.68. The molecule has 1 heterocycles. The van der Waals surface area contributed by atoms with E-state index in [2.05, 4.69) is 10.1 Å². The number of ether oxygens (including phenoxy) is 1. The first-order chi connectivity index (χ1) is 10.3. The zero-order valence-electron chi connectivity index (χ0n) is 12.9. The molecule has 1 aromatic rings. The van der Waals surface area contributed by atoms with Gasteiger partial charge in [-0.3, -0.25) is 4.79 Å². The Bertz CT molecular complexity index is 544. The summed E-state index contributed by atoms with van der Waals surface area (Å²) in [5, 5.41) is 3.21. The maximum atomic E-state index is 12.6. The molecule has 1 fully saturated rings. The summed E-state index contributed by atoms with van der Waals surface area (Å²) < 4.78 is 41.9. The van der Waals surface area contributed by atoms with Gasteiger partial charge in [-0.15, -0.1) is 25.6 Å². The van der Waals surface area contributed by atoms with Crippen LogP contribution in [0.2, 0.25) is 0 Å². The number of hydrogen-bond acceptors (Lipinski definition) is 3. The number of carbonyl (C=O) groups excluding carboxylic acids is 1. The number of benzene rings is 1. The SMILES string of the molecule is CN(C)C(=O)c1ccc(C2CCNCC2)cc1OC(F)(F)F.Cl. The van der Waals surface area contributed by atoms with Gasteiger partial charge in [-0.25, -0.2) is 0 Å². The molecule has 0 atom stereocenters. The summed E-state index contributed by atoms with van der Waals surface area (Å²) in [5.74, 6) is -0.765. The van der Waals surface area contributed by atoms with E-state index in [9.17, 15) is 18.0 Å². The molecule has 8 heteroatoms. The fourth-order valence-electron chi connectivity index (χ4n) is 2.57. The standard InChI is InChI=1S/C15H19F3N2O2.ClH/c1-20(2)14(21)12-4-3-11(10-5-7-19-8-6-10)9-13(12)22-15(16,17)18;/h3-4,9-10,19H,5-8H2,1-2H3;1H. The van der Waals surface area contributed by atoms with Gasteiger partial charge in [-0.05, 0) is 49.5 Å². The highest BCUT2D eigenvalue weighted by molar-refractivity contribution is 5.96. The van der Waals surface area contributed by atoms with E-state index in [1.165, 1.54) is 31.1 Å². The number of nitrogens with one attached hydrogen (secondary N) is 1.